The summed E-state index contributed by atoms with van der Waals surface area (Å²) in [5, 5.41) is 2.45. The van der Waals surface area contributed by atoms with Gasteiger partial charge in [-0.2, -0.15) is 0 Å². The van der Waals surface area contributed by atoms with Crippen molar-refractivity contribution in [3.05, 3.63) is 173 Å². The van der Waals surface area contributed by atoms with Crippen LogP contribution < -0.4 is 25.5 Å². The minimum atomic E-state index is -0.0360. The maximum absolute atomic E-state index is 6.24. The van der Waals surface area contributed by atoms with Gasteiger partial charge in [-0.3, -0.25) is 0 Å². The highest BCUT2D eigenvalue weighted by Crippen LogP contribution is 2.53. The van der Waals surface area contributed by atoms with Crippen molar-refractivity contribution in [1.29, 1.82) is 0 Å². The fourth-order valence-electron chi connectivity index (χ4n) is 11.0. The summed E-state index contributed by atoms with van der Waals surface area (Å²) in [6, 6.07) is 48.7. The van der Waals surface area contributed by atoms with Gasteiger partial charge in [0.1, 0.15) is 5.58 Å². The number of furan rings is 1. The molecule has 0 atom stereocenters. The molecule has 9 aromatic rings. The maximum atomic E-state index is 6.24. The summed E-state index contributed by atoms with van der Waals surface area (Å²) >= 11 is 1.98. The van der Waals surface area contributed by atoms with Crippen LogP contribution in [0.4, 0.5) is 34.1 Å². The van der Waals surface area contributed by atoms with Crippen LogP contribution in [0.2, 0.25) is 0 Å². The van der Waals surface area contributed by atoms with Gasteiger partial charge in [0.2, 0.25) is 0 Å². The molecule has 3 nitrogen and oxygen atoms in total. The van der Waals surface area contributed by atoms with Gasteiger partial charge in [0.05, 0.1) is 23.3 Å². The van der Waals surface area contributed by atoms with Crippen LogP contribution in [-0.2, 0) is 16.2 Å². The van der Waals surface area contributed by atoms with Crippen LogP contribution >= 0.6 is 11.3 Å². The molecule has 2 aromatic heterocycles. The van der Waals surface area contributed by atoms with Crippen LogP contribution in [-0.4, -0.2) is 6.71 Å². The predicted octanol–water partition coefficient (Wildman–Crippen LogP) is 16.2. The Labute approximate surface area is 402 Å². The number of anilines is 6. The van der Waals surface area contributed by atoms with Crippen LogP contribution in [0.5, 0.6) is 0 Å². The van der Waals surface area contributed by atoms with Crippen molar-refractivity contribution in [2.24, 2.45) is 0 Å². The van der Waals surface area contributed by atoms with E-state index >= 15 is 0 Å². The van der Waals surface area contributed by atoms with Crippen LogP contribution in [0.25, 0.3) is 43.3 Å². The molecule has 5 heteroatoms. The van der Waals surface area contributed by atoms with Crippen LogP contribution in [0.3, 0.4) is 0 Å². The second-order valence-corrected chi connectivity index (χ2v) is 23.6. The van der Waals surface area contributed by atoms with Crippen molar-refractivity contribution < 1.29 is 4.42 Å². The Morgan fingerprint density at radius 3 is 1.76 bits per heavy atom. The summed E-state index contributed by atoms with van der Waals surface area (Å²) in [7, 11) is 0. The number of para-hydroxylation sites is 1. The SMILES string of the molecule is Cc1cc2c3c(c1)N(c1c(C)cc(C(C)(C)C)cc1C)c1c(sc4ccc(C(C)(C)C)cc14)B3c1cc(-c3coc4ccccc34)ccc1N2c1c(C)cc(C(C)(C)C)cc1-c1ccccc1. The Hall–Kier alpha value is -6.30. The molecule has 0 saturated heterocycles. The number of hydrogen-bond acceptors (Lipinski definition) is 4. The van der Waals surface area contributed by atoms with Gasteiger partial charge < -0.3 is 14.2 Å². The monoisotopic (exact) mass is 892 g/mol. The van der Waals surface area contributed by atoms with E-state index in [2.05, 4.69) is 227 Å². The van der Waals surface area contributed by atoms with E-state index in [0.29, 0.717) is 0 Å². The predicted molar refractivity (Wildman–Crippen MR) is 292 cm³/mol. The Bertz CT molecular complexity index is 3450. The zero-order chi connectivity index (χ0) is 47.1. The van der Waals surface area contributed by atoms with Crippen molar-refractivity contribution in [2.45, 2.75) is 106 Å². The van der Waals surface area contributed by atoms with E-state index in [4.69, 9.17) is 4.42 Å². The van der Waals surface area contributed by atoms with Gasteiger partial charge in [0.15, 0.2) is 0 Å². The number of thiophene rings is 1. The van der Waals surface area contributed by atoms with E-state index in [9.17, 15) is 0 Å². The summed E-state index contributed by atoms with van der Waals surface area (Å²) in [6.45, 7) is 30.2. The lowest BCUT2D eigenvalue weighted by Crippen LogP contribution is -2.60. The summed E-state index contributed by atoms with van der Waals surface area (Å²) < 4.78 is 8.95. The van der Waals surface area contributed by atoms with Gasteiger partial charge in [-0.05, 0) is 147 Å². The summed E-state index contributed by atoms with van der Waals surface area (Å²) in [5.74, 6) is 0. The molecule has 0 N–H and O–H groups in total. The third-order valence-electron chi connectivity index (χ3n) is 14.5. The number of nitrogens with zero attached hydrogens (tertiary/aromatic N) is 2. The molecule has 0 radical (unpaired) electrons. The summed E-state index contributed by atoms with van der Waals surface area (Å²) in [5.41, 5.74) is 24.9. The standard InChI is InChI=1S/C62H61BN2OS/c1-36-27-51-55-52(28-36)65(56-37(2)29-43(30-38(56)3)61(8,9)10)58-47-33-42(60(5,6)7)24-26-54(47)67-59(58)63(55)49-32-41(48-35-66-53-22-18-17-21-45(48)53)23-25-50(49)64(51)57-39(4)31-44(62(11,12)13)34-46(57)40-19-15-14-16-20-40/h14-35H,1-13H3. The number of aryl methyl sites for hydroxylation is 4. The molecule has 0 unspecified atom stereocenters. The molecular weight excluding hydrogens is 832 g/mol. The Morgan fingerprint density at radius 2 is 1.09 bits per heavy atom. The summed E-state index contributed by atoms with van der Waals surface area (Å²) in [4.78, 5) is 5.32. The first kappa shape index (κ1) is 43.3. The van der Waals surface area contributed by atoms with E-state index in [1.807, 2.05) is 17.6 Å². The smallest absolute Gasteiger partial charge is 0.264 e. The van der Waals surface area contributed by atoms with E-state index < -0.39 is 0 Å². The molecule has 0 spiro atoms. The van der Waals surface area contributed by atoms with E-state index in [0.717, 1.165) is 22.1 Å². The largest absolute Gasteiger partial charge is 0.464 e. The van der Waals surface area contributed by atoms with Crippen molar-refractivity contribution in [3.8, 4) is 22.3 Å². The van der Waals surface area contributed by atoms with Crippen molar-refractivity contribution in [3.63, 3.8) is 0 Å². The molecule has 334 valence electrons. The molecular formula is C62H61BN2OS. The fraction of sp³-hybridized carbons (Fsp3) is 0.258. The first-order valence-electron chi connectivity index (χ1n) is 24.0. The lowest BCUT2D eigenvalue weighted by molar-refractivity contribution is 0.589. The zero-order valence-electron chi connectivity index (χ0n) is 41.5. The lowest BCUT2D eigenvalue weighted by Gasteiger charge is -2.45. The quantitative estimate of drug-likeness (QED) is 0.164. The average Bonchev–Trinajstić information content (AvgIpc) is 3.88. The number of benzene rings is 7. The Kier molecular flexibility index (Phi) is 9.76. The average molecular weight is 893 g/mol. The number of fused-ring (bicyclic) bond motifs is 7. The molecule has 0 saturated carbocycles. The normalized spacial score (nSPS) is 13.7. The second-order valence-electron chi connectivity index (χ2n) is 22.5. The third kappa shape index (κ3) is 6.90. The minimum Gasteiger partial charge on any atom is -0.464 e. The lowest BCUT2D eigenvalue weighted by atomic mass is 9.36. The first-order chi connectivity index (χ1) is 31.8. The third-order valence-corrected chi connectivity index (χ3v) is 15.7. The molecule has 4 heterocycles. The number of hydrogen-bond donors (Lipinski definition) is 0. The molecule has 2 aliphatic heterocycles. The van der Waals surface area contributed by atoms with E-state index in [1.165, 1.54) is 110 Å². The molecule has 11 rings (SSSR count). The van der Waals surface area contributed by atoms with Gasteiger partial charge in [-0.15, -0.1) is 11.3 Å². The maximum Gasteiger partial charge on any atom is 0.264 e. The highest BCUT2D eigenvalue weighted by atomic mass is 32.1. The van der Waals surface area contributed by atoms with E-state index in [1.54, 1.807) is 0 Å². The van der Waals surface area contributed by atoms with Crippen molar-refractivity contribution in [2.75, 3.05) is 9.80 Å². The van der Waals surface area contributed by atoms with Gasteiger partial charge in [-0.1, -0.05) is 147 Å². The molecule has 2 aliphatic rings. The highest BCUT2D eigenvalue weighted by Gasteiger charge is 2.47. The van der Waals surface area contributed by atoms with Gasteiger partial charge in [0.25, 0.3) is 6.71 Å². The fourth-order valence-corrected chi connectivity index (χ4v) is 12.3. The van der Waals surface area contributed by atoms with Crippen LogP contribution in [0.1, 0.15) is 101 Å². The van der Waals surface area contributed by atoms with Crippen LogP contribution in [0, 0.1) is 27.7 Å². The van der Waals surface area contributed by atoms with Crippen molar-refractivity contribution >= 4 is 88.9 Å². The van der Waals surface area contributed by atoms with E-state index in [-0.39, 0.29) is 23.0 Å². The highest BCUT2D eigenvalue weighted by molar-refractivity contribution is 7.33. The number of rotatable bonds is 4. The zero-order valence-corrected chi connectivity index (χ0v) is 42.3. The molecule has 0 fully saturated rings. The van der Waals surface area contributed by atoms with Gasteiger partial charge in [-0.25, -0.2) is 0 Å². The molecule has 0 aliphatic carbocycles. The second kappa shape index (κ2) is 15.1. The summed E-state index contributed by atoms with van der Waals surface area (Å²) in [6.07, 6.45) is 1.95. The topological polar surface area (TPSA) is 19.6 Å². The molecule has 67 heavy (non-hydrogen) atoms. The molecule has 0 amide bonds. The Balaban J connectivity index is 1.29. The molecule has 0 bridgehead atoms. The van der Waals surface area contributed by atoms with Gasteiger partial charge >= 0.3 is 0 Å². The van der Waals surface area contributed by atoms with Gasteiger partial charge in [0, 0.05) is 48.4 Å². The first-order valence-corrected chi connectivity index (χ1v) is 24.8. The Morgan fingerprint density at radius 1 is 0.478 bits per heavy atom. The molecule has 7 aromatic carbocycles. The van der Waals surface area contributed by atoms with Crippen molar-refractivity contribution in [1.82, 2.24) is 0 Å². The van der Waals surface area contributed by atoms with Crippen LogP contribution in [0.15, 0.2) is 138 Å². The minimum absolute atomic E-state index is 0.0125.